The molecule has 3 saturated heterocycles. The van der Waals surface area contributed by atoms with Gasteiger partial charge in [-0.2, -0.15) is 0 Å². The fourth-order valence-electron chi connectivity index (χ4n) is 4.13. The summed E-state index contributed by atoms with van der Waals surface area (Å²) in [5.41, 5.74) is 0. The number of aliphatic carboxylic acids is 1. The number of rotatable bonds is 23. The third-order valence-electron chi connectivity index (χ3n) is 6.21. The molecule has 0 aromatic heterocycles. The number of hydrogen-bond donors (Lipinski definition) is 3. The molecule has 3 aliphatic heterocycles. The van der Waals surface area contributed by atoms with Crippen molar-refractivity contribution in [1.29, 1.82) is 0 Å². The summed E-state index contributed by atoms with van der Waals surface area (Å²) in [7, 11) is 2.22. The van der Waals surface area contributed by atoms with Crippen molar-refractivity contribution in [3.8, 4) is 0 Å². The SMILES string of the molecule is CC.CCCCCC1C2C3CS132.CNCCCOCCOCCOCCCNC=O.O=CCOCC(=O)O. The van der Waals surface area contributed by atoms with Gasteiger partial charge in [-0.25, -0.2) is 14.8 Å². The van der Waals surface area contributed by atoms with Crippen molar-refractivity contribution in [3.05, 3.63) is 0 Å². The Morgan fingerprint density at radius 3 is 1.95 bits per heavy atom. The molecule has 10 nitrogen and oxygen atoms in total. The number of unbranched alkanes of at least 4 members (excludes halogenated alkanes) is 2. The lowest BCUT2D eigenvalue weighted by Crippen LogP contribution is -2.15. The number of nitrogens with one attached hydrogen (secondary N) is 2. The van der Waals surface area contributed by atoms with Gasteiger partial charge in [-0.05, 0) is 38.6 Å². The molecule has 3 N–H and O–H groups in total. The number of amides is 1. The predicted molar refractivity (Wildman–Crippen MR) is 154 cm³/mol. The van der Waals surface area contributed by atoms with Gasteiger partial charge in [-0.1, -0.05) is 40.0 Å². The van der Waals surface area contributed by atoms with Crippen LogP contribution in [0, 0.1) is 0 Å². The van der Waals surface area contributed by atoms with Crippen LogP contribution >= 0.6 is 10.0 Å². The second kappa shape index (κ2) is 24.8. The second-order valence-electron chi connectivity index (χ2n) is 8.91. The number of hydrogen-bond acceptors (Lipinski definition) is 8. The molecule has 226 valence electrons. The molecule has 3 aliphatic rings. The Morgan fingerprint density at radius 1 is 0.921 bits per heavy atom. The van der Waals surface area contributed by atoms with E-state index in [9.17, 15) is 14.4 Å². The minimum absolute atomic E-state index is 0.147. The van der Waals surface area contributed by atoms with Gasteiger partial charge in [0.1, 0.15) is 19.5 Å². The molecule has 4 atom stereocenters. The highest BCUT2D eigenvalue weighted by Crippen LogP contribution is 3.09. The molecule has 3 rings (SSSR count). The van der Waals surface area contributed by atoms with Gasteiger partial charge in [0.05, 0.1) is 26.4 Å². The highest BCUT2D eigenvalue weighted by atomic mass is 32.3. The monoisotopic (exact) mass is 566 g/mol. The van der Waals surface area contributed by atoms with E-state index >= 15 is 0 Å². The third kappa shape index (κ3) is 16.7. The Kier molecular flexibility index (Phi) is 24.0. The fraction of sp³-hybridized carbons (Fsp3) is 0.889. The summed E-state index contributed by atoms with van der Waals surface area (Å²) < 4.78 is 20.3. The lowest BCUT2D eigenvalue weighted by atomic mass is 10.1. The van der Waals surface area contributed by atoms with Crippen molar-refractivity contribution in [1.82, 2.24) is 10.6 Å². The number of carbonyl (C=O) groups is 3. The van der Waals surface area contributed by atoms with Gasteiger partial charge in [-0.15, -0.1) is 0 Å². The predicted octanol–water partition coefficient (Wildman–Crippen LogP) is 2.61. The maximum absolute atomic E-state index is 9.94. The lowest BCUT2D eigenvalue weighted by molar-refractivity contribution is -0.142. The van der Waals surface area contributed by atoms with Gasteiger partial charge in [0, 0.05) is 35.5 Å². The van der Waals surface area contributed by atoms with E-state index in [2.05, 4.69) is 22.3 Å². The minimum atomic E-state index is -1.06. The van der Waals surface area contributed by atoms with E-state index in [0.717, 1.165) is 26.0 Å². The van der Waals surface area contributed by atoms with Crippen LogP contribution in [0.5, 0.6) is 0 Å². The summed E-state index contributed by atoms with van der Waals surface area (Å²) in [6.07, 6.45) is 9.10. The van der Waals surface area contributed by atoms with Gasteiger partial charge in [0.25, 0.3) is 0 Å². The van der Waals surface area contributed by atoms with Crippen LogP contribution in [-0.2, 0) is 33.3 Å². The molecule has 0 radical (unpaired) electrons. The molecule has 0 aromatic rings. The highest BCUT2D eigenvalue weighted by Gasteiger charge is 2.93. The molecule has 11 heteroatoms. The van der Waals surface area contributed by atoms with Crippen LogP contribution < -0.4 is 10.6 Å². The summed E-state index contributed by atoms with van der Waals surface area (Å²) >= 11 is 0. The molecule has 0 saturated carbocycles. The summed E-state index contributed by atoms with van der Waals surface area (Å²) in [6, 6.07) is 0. The van der Waals surface area contributed by atoms with Gasteiger partial charge < -0.3 is 39.5 Å². The van der Waals surface area contributed by atoms with Gasteiger partial charge in [0.2, 0.25) is 6.41 Å². The van der Waals surface area contributed by atoms with E-state index in [1.54, 1.807) is 18.6 Å². The summed E-state index contributed by atoms with van der Waals surface area (Å²) in [6.45, 7) is 11.2. The normalized spacial score (nSPS) is 24.2. The van der Waals surface area contributed by atoms with Crippen LogP contribution in [0.4, 0.5) is 0 Å². The van der Waals surface area contributed by atoms with Crippen molar-refractivity contribution < 1.29 is 38.4 Å². The molecule has 0 bridgehead atoms. The molecular weight excluding hydrogens is 512 g/mol. The van der Waals surface area contributed by atoms with Gasteiger partial charge >= 0.3 is 5.97 Å². The summed E-state index contributed by atoms with van der Waals surface area (Å²) in [4.78, 5) is 29.0. The molecule has 1 spiro atoms. The highest BCUT2D eigenvalue weighted by molar-refractivity contribution is 8.54. The van der Waals surface area contributed by atoms with Crippen LogP contribution in [-0.4, -0.2) is 118 Å². The van der Waals surface area contributed by atoms with Gasteiger partial charge in [-0.3, -0.25) is 4.79 Å². The maximum atomic E-state index is 9.94. The summed E-state index contributed by atoms with van der Waals surface area (Å²) in [5, 5.41) is 17.6. The molecule has 38 heavy (non-hydrogen) atoms. The Balaban J connectivity index is 0.000000570. The minimum Gasteiger partial charge on any atom is -0.480 e. The van der Waals surface area contributed by atoms with Crippen molar-refractivity contribution >= 4 is 28.7 Å². The zero-order valence-electron chi connectivity index (χ0n) is 24.1. The number of ether oxygens (including phenoxy) is 4. The Morgan fingerprint density at radius 2 is 1.50 bits per heavy atom. The Labute approximate surface area is 231 Å². The quantitative estimate of drug-likeness (QED) is 0.0970. The number of aldehydes is 1. The van der Waals surface area contributed by atoms with Crippen LogP contribution in [0.15, 0.2) is 0 Å². The maximum Gasteiger partial charge on any atom is 0.329 e. The van der Waals surface area contributed by atoms with E-state index in [1.165, 1.54) is 28.6 Å². The van der Waals surface area contributed by atoms with E-state index in [1.807, 2.05) is 20.9 Å². The number of fused-ring (bicyclic) bond motifs is 1. The van der Waals surface area contributed by atoms with E-state index < -0.39 is 12.6 Å². The van der Waals surface area contributed by atoms with Crippen LogP contribution in [0.3, 0.4) is 0 Å². The Bertz CT molecular complexity index is 601. The molecule has 3 heterocycles. The van der Waals surface area contributed by atoms with E-state index in [4.69, 9.17) is 19.3 Å². The number of carbonyl (C=O) groups excluding carboxylic acids is 2. The first-order chi connectivity index (χ1) is 18.6. The van der Waals surface area contributed by atoms with E-state index in [0.29, 0.717) is 62.3 Å². The van der Waals surface area contributed by atoms with Crippen LogP contribution in [0.25, 0.3) is 0 Å². The number of carboxylic acids is 1. The molecule has 1 amide bonds. The second-order valence-corrected chi connectivity index (χ2v) is 12.8. The van der Waals surface area contributed by atoms with Crippen LogP contribution in [0.2, 0.25) is 0 Å². The van der Waals surface area contributed by atoms with Crippen molar-refractivity contribution in [2.45, 2.75) is 75.0 Å². The number of carboxylic acid groups (broad SMARTS) is 1. The third-order valence-corrected chi connectivity index (χ3v) is 11.0. The molecule has 4 unspecified atom stereocenters. The standard InChI is InChI=1S/C12H26N2O4.C9H16S.C4H6O4.C2H6/c1-13-4-2-6-16-8-10-18-11-9-17-7-3-5-14-12-15;1-2-3-4-5-7-9-8-6-10(7,8)9;5-1-2-8-3-4(6)7;1-2/h12-13H,2-11H2,1H3,(H,14,15);7-9H,2-6H2,1H3;1H,2-3H2,(H,6,7);1-2H3. The molecule has 0 aliphatic carbocycles. The lowest BCUT2D eigenvalue weighted by Gasteiger charge is -2.06. The smallest absolute Gasteiger partial charge is 0.329 e. The topological polar surface area (TPSA) is 132 Å². The van der Waals surface area contributed by atoms with Crippen molar-refractivity contribution in [2.75, 3.05) is 78.7 Å². The molecular formula is C27H54N2O8S. The van der Waals surface area contributed by atoms with Gasteiger partial charge in [0.15, 0.2) is 0 Å². The summed E-state index contributed by atoms with van der Waals surface area (Å²) in [5.74, 6) is 0.654. The molecule has 0 aromatic carbocycles. The largest absolute Gasteiger partial charge is 0.480 e. The first-order valence-corrected chi connectivity index (χ1v) is 16.1. The van der Waals surface area contributed by atoms with Crippen LogP contribution in [0.1, 0.15) is 59.3 Å². The average Bonchev–Trinajstić information content (AvgIpc) is 3.86. The van der Waals surface area contributed by atoms with Crippen molar-refractivity contribution in [3.63, 3.8) is 0 Å². The first kappa shape index (κ1) is 36.8. The van der Waals surface area contributed by atoms with Crippen molar-refractivity contribution in [2.24, 2.45) is 0 Å². The zero-order valence-corrected chi connectivity index (χ0v) is 24.9. The average molecular weight is 567 g/mol. The zero-order chi connectivity index (χ0) is 28.5. The Hall–Kier alpha value is -1.24. The first-order valence-electron chi connectivity index (χ1n) is 14.2. The van der Waals surface area contributed by atoms with E-state index in [-0.39, 0.29) is 6.61 Å². The molecule has 3 fully saturated rings. The fourth-order valence-corrected chi connectivity index (χ4v) is 9.47.